The van der Waals surface area contributed by atoms with Crippen LogP contribution in [0.2, 0.25) is 0 Å². The van der Waals surface area contributed by atoms with E-state index in [1.807, 2.05) is 0 Å². The molecule has 4 heteroatoms. The number of rotatable bonds is 8. The van der Waals surface area contributed by atoms with Crippen molar-refractivity contribution in [2.24, 2.45) is 0 Å². The van der Waals surface area contributed by atoms with Gasteiger partial charge in [-0.3, -0.25) is 0 Å². The molecular weight excluding hydrogens is 196 g/mol. The summed E-state index contributed by atoms with van der Waals surface area (Å²) in [5.74, 6) is 0. The van der Waals surface area contributed by atoms with Crippen LogP contribution in [0.25, 0.3) is 0 Å². The Morgan fingerprint density at radius 2 is 1.73 bits per heavy atom. The molecule has 0 amide bonds. The van der Waals surface area contributed by atoms with Crippen LogP contribution in [0.4, 0.5) is 0 Å². The van der Waals surface area contributed by atoms with Gasteiger partial charge >= 0.3 is 0 Å². The lowest BCUT2D eigenvalue weighted by Gasteiger charge is -2.10. The summed E-state index contributed by atoms with van der Waals surface area (Å²) in [6.07, 6.45) is 0.789. The van der Waals surface area contributed by atoms with Crippen LogP contribution >= 0.6 is 0 Å². The van der Waals surface area contributed by atoms with Crippen molar-refractivity contribution in [3.63, 3.8) is 0 Å². The van der Waals surface area contributed by atoms with E-state index in [0.717, 1.165) is 5.57 Å². The molecule has 0 saturated carbocycles. The fourth-order valence-electron chi connectivity index (χ4n) is 1.25. The molecule has 0 aliphatic carbocycles. The number of aliphatic hydroxyl groups excluding tert-OH is 4. The molecule has 0 rings (SSSR count). The maximum Gasteiger partial charge on any atom is 0.0814 e. The highest BCUT2D eigenvalue weighted by atomic mass is 16.3. The van der Waals surface area contributed by atoms with Crippen LogP contribution in [0, 0.1) is 0 Å². The minimum absolute atomic E-state index is 0.230. The fraction of sp³-hybridized carbons (Fsp3) is 0.727. The van der Waals surface area contributed by atoms with Gasteiger partial charge in [0.1, 0.15) is 0 Å². The van der Waals surface area contributed by atoms with Crippen LogP contribution in [0.5, 0.6) is 0 Å². The monoisotopic (exact) mass is 216 g/mol. The summed E-state index contributed by atoms with van der Waals surface area (Å²) in [4.78, 5) is 0. The van der Waals surface area contributed by atoms with Crippen molar-refractivity contribution < 1.29 is 20.4 Å². The first-order valence-electron chi connectivity index (χ1n) is 5.09. The average Bonchev–Trinajstić information content (AvgIpc) is 2.26. The molecule has 2 atom stereocenters. The quantitative estimate of drug-likeness (QED) is 0.429. The molecule has 2 unspecified atom stereocenters. The van der Waals surface area contributed by atoms with Gasteiger partial charge < -0.3 is 20.4 Å². The Morgan fingerprint density at radius 3 is 2.20 bits per heavy atom. The van der Waals surface area contributed by atoms with Crippen molar-refractivity contribution in [1.82, 2.24) is 0 Å². The molecule has 0 aliphatic heterocycles. The van der Waals surface area contributed by atoms with Gasteiger partial charge in [-0.2, -0.15) is 0 Å². The first kappa shape index (κ1) is 14.4. The Hall–Kier alpha value is -0.640. The predicted octanol–water partition coefficient (Wildman–Crippen LogP) is -0.0355. The zero-order chi connectivity index (χ0) is 11.7. The molecule has 88 valence electrons. The molecule has 0 aliphatic rings. The first-order chi connectivity index (χ1) is 7.13. The van der Waals surface area contributed by atoms with E-state index in [-0.39, 0.29) is 13.2 Å². The SMILES string of the molecule is C=C=C(CCCC(O)CO)CC(O)CO. The third-order valence-corrected chi connectivity index (χ3v) is 2.17. The zero-order valence-corrected chi connectivity index (χ0v) is 8.89. The lowest BCUT2D eigenvalue weighted by molar-refractivity contribution is 0.0852. The van der Waals surface area contributed by atoms with Crippen LogP contribution in [-0.4, -0.2) is 45.8 Å². The van der Waals surface area contributed by atoms with Crippen molar-refractivity contribution in [1.29, 1.82) is 0 Å². The topological polar surface area (TPSA) is 80.9 Å². The summed E-state index contributed by atoms with van der Waals surface area (Å²) >= 11 is 0. The Morgan fingerprint density at radius 1 is 1.13 bits per heavy atom. The Labute approximate surface area is 90.2 Å². The van der Waals surface area contributed by atoms with Gasteiger partial charge in [0.25, 0.3) is 0 Å². The molecule has 0 spiro atoms. The molecule has 4 N–H and O–H groups in total. The summed E-state index contributed by atoms with van der Waals surface area (Å²) in [7, 11) is 0. The van der Waals surface area contributed by atoms with Gasteiger partial charge in [0, 0.05) is 6.42 Å². The lowest BCUT2D eigenvalue weighted by Crippen LogP contribution is -2.13. The molecule has 4 nitrogen and oxygen atoms in total. The van der Waals surface area contributed by atoms with E-state index < -0.39 is 12.2 Å². The highest BCUT2D eigenvalue weighted by Crippen LogP contribution is 2.13. The molecule has 0 aromatic heterocycles. The summed E-state index contributed by atoms with van der Waals surface area (Å²) in [6, 6.07) is 0. The normalized spacial score (nSPS) is 14.4. The molecule has 0 aromatic rings. The third-order valence-electron chi connectivity index (χ3n) is 2.17. The van der Waals surface area contributed by atoms with E-state index in [1.165, 1.54) is 0 Å². The number of hydrogen-bond acceptors (Lipinski definition) is 4. The van der Waals surface area contributed by atoms with Gasteiger partial charge in [-0.15, -0.1) is 5.73 Å². The largest absolute Gasteiger partial charge is 0.394 e. The second-order valence-corrected chi connectivity index (χ2v) is 3.55. The van der Waals surface area contributed by atoms with Gasteiger partial charge in [0.2, 0.25) is 0 Å². The van der Waals surface area contributed by atoms with Crippen LogP contribution in [0.1, 0.15) is 25.7 Å². The van der Waals surface area contributed by atoms with Gasteiger partial charge in [0.15, 0.2) is 0 Å². The van der Waals surface area contributed by atoms with Gasteiger partial charge in [-0.05, 0) is 24.8 Å². The molecular formula is C11H20O4. The third kappa shape index (κ3) is 7.31. The van der Waals surface area contributed by atoms with Crippen molar-refractivity contribution in [2.75, 3.05) is 13.2 Å². The standard InChI is InChI=1S/C11H20O4/c1-2-9(6-11(15)8-13)4-3-5-10(14)7-12/h10-15H,1,3-8H2. The van der Waals surface area contributed by atoms with Gasteiger partial charge in [-0.25, -0.2) is 0 Å². The van der Waals surface area contributed by atoms with Gasteiger partial charge in [-0.1, -0.05) is 6.58 Å². The van der Waals surface area contributed by atoms with Crippen LogP contribution in [-0.2, 0) is 0 Å². The van der Waals surface area contributed by atoms with E-state index in [4.69, 9.17) is 15.3 Å². The minimum Gasteiger partial charge on any atom is -0.394 e. The van der Waals surface area contributed by atoms with Crippen molar-refractivity contribution in [3.05, 3.63) is 17.9 Å². The first-order valence-corrected chi connectivity index (χ1v) is 5.09. The van der Waals surface area contributed by atoms with E-state index in [2.05, 4.69) is 12.3 Å². The lowest BCUT2D eigenvalue weighted by atomic mass is 10.0. The average molecular weight is 216 g/mol. The van der Waals surface area contributed by atoms with Crippen molar-refractivity contribution >= 4 is 0 Å². The van der Waals surface area contributed by atoms with Gasteiger partial charge in [0.05, 0.1) is 25.4 Å². The molecule has 0 heterocycles. The molecule has 0 aromatic carbocycles. The Kier molecular flexibility index (Phi) is 8.28. The summed E-state index contributed by atoms with van der Waals surface area (Å²) in [5.41, 5.74) is 3.55. The van der Waals surface area contributed by atoms with Crippen molar-refractivity contribution in [2.45, 2.75) is 37.9 Å². The molecule has 15 heavy (non-hydrogen) atoms. The summed E-state index contributed by atoms with van der Waals surface area (Å²) < 4.78 is 0. The molecule has 0 saturated heterocycles. The Bertz CT molecular complexity index is 209. The van der Waals surface area contributed by atoms with Crippen LogP contribution in [0.3, 0.4) is 0 Å². The highest BCUT2D eigenvalue weighted by Gasteiger charge is 2.07. The smallest absolute Gasteiger partial charge is 0.0814 e. The Balaban J connectivity index is 3.77. The molecule has 0 fully saturated rings. The van der Waals surface area contributed by atoms with E-state index in [1.54, 1.807) is 0 Å². The molecule has 0 bridgehead atoms. The van der Waals surface area contributed by atoms with E-state index in [0.29, 0.717) is 25.7 Å². The second-order valence-electron chi connectivity index (χ2n) is 3.55. The maximum atomic E-state index is 9.19. The summed E-state index contributed by atoms with van der Waals surface area (Å²) in [6.45, 7) is 3.00. The maximum absolute atomic E-state index is 9.19. The van der Waals surface area contributed by atoms with E-state index >= 15 is 0 Å². The minimum atomic E-state index is -0.767. The van der Waals surface area contributed by atoms with E-state index in [9.17, 15) is 5.11 Å². The van der Waals surface area contributed by atoms with Crippen LogP contribution < -0.4 is 0 Å². The second kappa shape index (κ2) is 8.65. The van der Waals surface area contributed by atoms with Crippen molar-refractivity contribution in [3.8, 4) is 0 Å². The fourth-order valence-corrected chi connectivity index (χ4v) is 1.25. The molecule has 0 radical (unpaired) electrons. The summed E-state index contributed by atoms with van der Waals surface area (Å²) in [5, 5.41) is 35.5. The van der Waals surface area contributed by atoms with Crippen LogP contribution in [0.15, 0.2) is 17.9 Å². The number of aliphatic hydroxyl groups is 4. The highest BCUT2D eigenvalue weighted by molar-refractivity contribution is 5.00. The predicted molar refractivity (Wildman–Crippen MR) is 57.3 cm³/mol. The zero-order valence-electron chi connectivity index (χ0n) is 8.89. The number of hydrogen-bond donors (Lipinski definition) is 4.